The molecule has 120 valence electrons. The Balaban J connectivity index is 1.56. The van der Waals surface area contributed by atoms with Gasteiger partial charge in [0, 0.05) is 23.9 Å². The van der Waals surface area contributed by atoms with Crippen molar-refractivity contribution in [1.29, 1.82) is 0 Å². The summed E-state index contributed by atoms with van der Waals surface area (Å²) in [7, 11) is 1.66. The molecule has 2 aliphatic rings. The Bertz CT molecular complexity index is 506. The number of hydrogen-bond donors (Lipinski definition) is 1. The van der Waals surface area contributed by atoms with E-state index in [1.54, 1.807) is 7.11 Å². The van der Waals surface area contributed by atoms with Crippen LogP contribution in [0.25, 0.3) is 0 Å². The molecule has 2 amide bonds. The van der Waals surface area contributed by atoms with Crippen LogP contribution in [-0.4, -0.2) is 41.6 Å². The maximum absolute atomic E-state index is 12.5. The van der Waals surface area contributed by atoms with Crippen LogP contribution in [0.5, 0.6) is 5.75 Å². The van der Waals surface area contributed by atoms with Crippen LogP contribution in [0, 0.1) is 0 Å². The van der Waals surface area contributed by atoms with E-state index in [0.29, 0.717) is 18.6 Å². The SMILES string of the molecule is COc1ccc(CNC(=O)N2C3CCC2CC(SC)C3)cc1. The molecule has 0 radical (unpaired) electrons. The van der Waals surface area contributed by atoms with Crippen molar-refractivity contribution in [3.8, 4) is 5.75 Å². The molecule has 1 N–H and O–H groups in total. The Kier molecular flexibility index (Phi) is 4.81. The number of carbonyl (C=O) groups is 1. The highest BCUT2D eigenvalue weighted by atomic mass is 32.2. The fourth-order valence-electron chi connectivity index (χ4n) is 3.66. The zero-order chi connectivity index (χ0) is 15.5. The second-order valence-corrected chi connectivity index (χ2v) is 7.27. The average Bonchev–Trinajstić information content (AvgIpc) is 2.83. The van der Waals surface area contributed by atoms with Crippen molar-refractivity contribution in [2.75, 3.05) is 13.4 Å². The van der Waals surface area contributed by atoms with Gasteiger partial charge in [-0.3, -0.25) is 0 Å². The third-order valence-electron chi connectivity index (χ3n) is 4.86. The minimum absolute atomic E-state index is 0.0999. The molecule has 0 spiro atoms. The van der Waals surface area contributed by atoms with Crippen LogP contribution in [0.2, 0.25) is 0 Å². The summed E-state index contributed by atoms with van der Waals surface area (Å²) >= 11 is 1.95. The summed E-state index contributed by atoms with van der Waals surface area (Å²) in [6.07, 6.45) is 6.81. The Hall–Kier alpha value is -1.36. The fraction of sp³-hybridized carbons (Fsp3) is 0.588. The van der Waals surface area contributed by atoms with E-state index >= 15 is 0 Å². The molecule has 2 atom stereocenters. The summed E-state index contributed by atoms with van der Waals surface area (Å²) in [5, 5.41) is 3.80. The Morgan fingerprint density at radius 1 is 1.27 bits per heavy atom. The third-order valence-corrected chi connectivity index (χ3v) is 5.91. The summed E-state index contributed by atoms with van der Waals surface area (Å²) in [6.45, 7) is 0.574. The maximum atomic E-state index is 12.5. The van der Waals surface area contributed by atoms with Gasteiger partial charge in [0.15, 0.2) is 0 Å². The molecule has 3 rings (SSSR count). The number of thioether (sulfide) groups is 1. The second-order valence-electron chi connectivity index (χ2n) is 6.13. The van der Waals surface area contributed by atoms with Crippen molar-refractivity contribution in [1.82, 2.24) is 10.2 Å². The quantitative estimate of drug-likeness (QED) is 0.926. The summed E-state index contributed by atoms with van der Waals surface area (Å²) in [4.78, 5) is 14.6. The average molecular weight is 320 g/mol. The van der Waals surface area contributed by atoms with Crippen LogP contribution in [0.15, 0.2) is 24.3 Å². The molecule has 2 bridgehead atoms. The van der Waals surface area contributed by atoms with E-state index in [1.165, 1.54) is 0 Å². The number of hydrogen-bond acceptors (Lipinski definition) is 3. The second kappa shape index (κ2) is 6.82. The zero-order valence-electron chi connectivity index (χ0n) is 13.2. The Morgan fingerprint density at radius 2 is 1.91 bits per heavy atom. The summed E-state index contributed by atoms with van der Waals surface area (Å²) in [6, 6.07) is 8.81. The van der Waals surface area contributed by atoms with Crippen LogP contribution in [0.3, 0.4) is 0 Å². The van der Waals surface area contributed by atoms with Crippen molar-refractivity contribution < 1.29 is 9.53 Å². The van der Waals surface area contributed by atoms with Gasteiger partial charge >= 0.3 is 6.03 Å². The molecule has 2 saturated heterocycles. The molecule has 4 nitrogen and oxygen atoms in total. The molecule has 2 heterocycles. The van der Waals surface area contributed by atoms with Gasteiger partial charge < -0.3 is 15.0 Å². The van der Waals surface area contributed by atoms with Crippen LogP contribution < -0.4 is 10.1 Å². The number of ether oxygens (including phenoxy) is 1. The summed E-state index contributed by atoms with van der Waals surface area (Å²) < 4.78 is 5.15. The molecule has 0 aliphatic carbocycles. The first kappa shape index (κ1) is 15.5. The standard InChI is InChI=1S/C17H24N2O2S/c1-21-15-7-3-12(4-8-15)11-18-17(20)19-13-5-6-14(19)10-16(9-13)22-2/h3-4,7-8,13-14,16H,5-6,9-11H2,1-2H3,(H,18,20). The number of methoxy groups -OCH3 is 1. The third kappa shape index (κ3) is 3.19. The number of benzene rings is 1. The smallest absolute Gasteiger partial charge is 0.318 e. The van der Waals surface area contributed by atoms with Gasteiger partial charge in [0.05, 0.1) is 7.11 Å². The van der Waals surface area contributed by atoms with E-state index in [4.69, 9.17) is 4.74 Å². The topological polar surface area (TPSA) is 41.6 Å². The molecule has 1 aromatic rings. The lowest BCUT2D eigenvalue weighted by Gasteiger charge is -2.38. The monoisotopic (exact) mass is 320 g/mol. The van der Waals surface area contributed by atoms with E-state index in [2.05, 4.69) is 16.5 Å². The number of nitrogens with zero attached hydrogens (tertiary/aromatic N) is 1. The Morgan fingerprint density at radius 3 is 2.45 bits per heavy atom. The van der Waals surface area contributed by atoms with E-state index in [9.17, 15) is 4.79 Å². The number of amides is 2. The van der Waals surface area contributed by atoms with Crippen LogP contribution in [0.1, 0.15) is 31.2 Å². The van der Waals surface area contributed by atoms with Crippen molar-refractivity contribution in [3.05, 3.63) is 29.8 Å². The zero-order valence-corrected chi connectivity index (χ0v) is 14.1. The summed E-state index contributed by atoms with van der Waals surface area (Å²) in [5.41, 5.74) is 1.10. The lowest BCUT2D eigenvalue weighted by molar-refractivity contribution is 0.149. The summed E-state index contributed by atoms with van der Waals surface area (Å²) in [5.74, 6) is 0.840. The normalized spacial score (nSPS) is 26.8. The predicted molar refractivity (Wildman–Crippen MR) is 90.4 cm³/mol. The van der Waals surface area contributed by atoms with E-state index in [0.717, 1.165) is 42.2 Å². The first-order valence-corrected chi connectivity index (χ1v) is 9.22. The van der Waals surface area contributed by atoms with Gasteiger partial charge in [-0.1, -0.05) is 12.1 Å². The lowest BCUT2D eigenvalue weighted by Crippen LogP contribution is -2.51. The first-order chi connectivity index (χ1) is 10.7. The van der Waals surface area contributed by atoms with Crippen molar-refractivity contribution in [2.45, 2.75) is 49.6 Å². The molecule has 22 heavy (non-hydrogen) atoms. The first-order valence-electron chi connectivity index (χ1n) is 7.93. The van der Waals surface area contributed by atoms with E-state index in [-0.39, 0.29) is 6.03 Å². The fourth-order valence-corrected chi connectivity index (χ4v) is 4.49. The van der Waals surface area contributed by atoms with Gasteiger partial charge in [-0.15, -0.1) is 0 Å². The highest BCUT2D eigenvalue weighted by molar-refractivity contribution is 7.99. The van der Waals surface area contributed by atoms with Crippen LogP contribution in [0.4, 0.5) is 4.79 Å². The van der Waals surface area contributed by atoms with Gasteiger partial charge in [0.2, 0.25) is 0 Å². The minimum Gasteiger partial charge on any atom is -0.497 e. The van der Waals surface area contributed by atoms with E-state index in [1.807, 2.05) is 36.0 Å². The van der Waals surface area contributed by atoms with Gasteiger partial charge in [-0.05, 0) is 49.6 Å². The molecule has 0 saturated carbocycles. The number of urea groups is 1. The van der Waals surface area contributed by atoms with E-state index < -0.39 is 0 Å². The van der Waals surface area contributed by atoms with Crippen LogP contribution in [-0.2, 0) is 6.54 Å². The predicted octanol–water partition coefficient (Wildman–Crippen LogP) is 3.26. The Labute approximate surface area is 136 Å². The maximum Gasteiger partial charge on any atom is 0.318 e. The van der Waals surface area contributed by atoms with Gasteiger partial charge in [0.25, 0.3) is 0 Å². The number of fused-ring (bicyclic) bond motifs is 2. The molecule has 1 aromatic carbocycles. The van der Waals surface area contributed by atoms with Crippen molar-refractivity contribution in [3.63, 3.8) is 0 Å². The highest BCUT2D eigenvalue weighted by Crippen LogP contribution is 2.39. The molecule has 5 heteroatoms. The van der Waals surface area contributed by atoms with Crippen LogP contribution >= 0.6 is 11.8 Å². The van der Waals surface area contributed by atoms with Crippen molar-refractivity contribution >= 4 is 17.8 Å². The molecular formula is C17H24N2O2S. The van der Waals surface area contributed by atoms with Gasteiger partial charge in [-0.2, -0.15) is 11.8 Å². The molecule has 0 aromatic heterocycles. The molecule has 2 aliphatic heterocycles. The molecule has 2 unspecified atom stereocenters. The number of nitrogens with one attached hydrogen (secondary N) is 1. The molecular weight excluding hydrogens is 296 g/mol. The highest BCUT2D eigenvalue weighted by Gasteiger charge is 2.42. The lowest BCUT2D eigenvalue weighted by atomic mass is 10.0. The number of rotatable bonds is 4. The van der Waals surface area contributed by atoms with Gasteiger partial charge in [0.1, 0.15) is 5.75 Å². The molecule has 2 fully saturated rings. The largest absolute Gasteiger partial charge is 0.497 e. The van der Waals surface area contributed by atoms with Crippen molar-refractivity contribution in [2.24, 2.45) is 0 Å². The minimum atomic E-state index is 0.0999. The van der Waals surface area contributed by atoms with Gasteiger partial charge in [-0.25, -0.2) is 4.79 Å². The number of piperidine rings is 1. The number of carbonyl (C=O) groups excluding carboxylic acids is 1.